The first kappa shape index (κ1) is 16.2. The highest BCUT2D eigenvalue weighted by atomic mass is 16.3. The largest absolute Gasteiger partial charge is 0.466 e. The van der Waals surface area contributed by atoms with Crippen molar-refractivity contribution >= 4 is 11.8 Å². The fourth-order valence-electron chi connectivity index (χ4n) is 1.87. The van der Waals surface area contributed by atoms with Crippen molar-refractivity contribution in [2.24, 2.45) is 0 Å². The maximum atomic E-state index is 11.4. The van der Waals surface area contributed by atoms with Gasteiger partial charge in [-0.25, -0.2) is 0 Å². The fourth-order valence-corrected chi connectivity index (χ4v) is 1.87. The van der Waals surface area contributed by atoms with Crippen molar-refractivity contribution in [1.29, 1.82) is 0 Å². The highest BCUT2D eigenvalue weighted by Crippen LogP contribution is 2.23. The van der Waals surface area contributed by atoms with Gasteiger partial charge in [0.05, 0.1) is 6.10 Å². The average molecular weight is 282 g/mol. The summed E-state index contributed by atoms with van der Waals surface area (Å²) in [7, 11) is 0. The Labute approximate surface area is 118 Å². The number of furan rings is 1. The molecule has 1 rings (SSSR count). The van der Waals surface area contributed by atoms with Gasteiger partial charge in [-0.2, -0.15) is 0 Å². The molecule has 1 unspecified atom stereocenters. The van der Waals surface area contributed by atoms with E-state index >= 15 is 0 Å². The molecule has 1 aromatic rings. The molecular formula is C14H22N2O4. The first-order chi connectivity index (χ1) is 9.31. The smallest absolute Gasteiger partial charge is 0.309 e. The van der Waals surface area contributed by atoms with Crippen LogP contribution >= 0.6 is 0 Å². The molecule has 6 heteroatoms. The summed E-state index contributed by atoms with van der Waals surface area (Å²) in [4.78, 5) is 22.8. The van der Waals surface area contributed by atoms with Gasteiger partial charge in [0, 0.05) is 18.2 Å². The van der Waals surface area contributed by atoms with Gasteiger partial charge >= 0.3 is 11.8 Å². The van der Waals surface area contributed by atoms with Gasteiger partial charge in [0.15, 0.2) is 0 Å². The van der Waals surface area contributed by atoms with Crippen LogP contribution in [0.4, 0.5) is 0 Å². The predicted octanol–water partition coefficient (Wildman–Crippen LogP) is 0.961. The molecule has 0 spiro atoms. The molecule has 0 aliphatic rings. The summed E-state index contributed by atoms with van der Waals surface area (Å²) >= 11 is 0. The summed E-state index contributed by atoms with van der Waals surface area (Å²) in [6.07, 6.45) is -0.401. The van der Waals surface area contributed by atoms with Crippen LogP contribution in [0.1, 0.15) is 43.5 Å². The zero-order chi connectivity index (χ0) is 15.3. The molecule has 0 bridgehead atoms. The summed E-state index contributed by atoms with van der Waals surface area (Å²) in [6, 6.07) is 1.68. The van der Waals surface area contributed by atoms with E-state index in [9.17, 15) is 14.7 Å². The topological polar surface area (TPSA) is 91.6 Å². The van der Waals surface area contributed by atoms with Crippen LogP contribution in [0.2, 0.25) is 0 Å². The SMILES string of the molecule is Cc1cc(C(O)CCNC(=O)C(=O)NC(C)C)c(C)o1. The molecule has 3 N–H and O–H groups in total. The third-order valence-corrected chi connectivity index (χ3v) is 2.77. The van der Waals surface area contributed by atoms with Crippen LogP contribution in [-0.4, -0.2) is 29.5 Å². The molecule has 1 atom stereocenters. The number of hydrogen-bond donors (Lipinski definition) is 3. The minimum atomic E-state index is -0.721. The van der Waals surface area contributed by atoms with E-state index in [2.05, 4.69) is 10.6 Å². The summed E-state index contributed by atoms with van der Waals surface area (Å²) < 4.78 is 5.33. The zero-order valence-electron chi connectivity index (χ0n) is 12.3. The van der Waals surface area contributed by atoms with Gasteiger partial charge in [0.25, 0.3) is 0 Å². The van der Waals surface area contributed by atoms with Crippen molar-refractivity contribution in [1.82, 2.24) is 10.6 Å². The summed E-state index contributed by atoms with van der Waals surface area (Å²) in [5, 5.41) is 15.0. The second-order valence-corrected chi connectivity index (χ2v) is 5.06. The van der Waals surface area contributed by atoms with Crippen LogP contribution in [0.3, 0.4) is 0 Å². The number of hydrogen-bond acceptors (Lipinski definition) is 4. The monoisotopic (exact) mass is 282 g/mol. The first-order valence-electron chi connectivity index (χ1n) is 6.65. The molecule has 0 aliphatic carbocycles. The van der Waals surface area contributed by atoms with E-state index in [0.717, 1.165) is 5.76 Å². The number of carbonyl (C=O) groups is 2. The molecular weight excluding hydrogens is 260 g/mol. The molecule has 2 amide bonds. The quantitative estimate of drug-likeness (QED) is 0.701. The molecule has 112 valence electrons. The lowest BCUT2D eigenvalue weighted by Gasteiger charge is -2.11. The van der Waals surface area contributed by atoms with E-state index in [0.29, 0.717) is 17.7 Å². The Morgan fingerprint density at radius 2 is 1.95 bits per heavy atom. The number of amides is 2. The van der Waals surface area contributed by atoms with Gasteiger partial charge in [-0.3, -0.25) is 9.59 Å². The molecule has 0 radical (unpaired) electrons. The van der Waals surface area contributed by atoms with Gasteiger partial charge in [-0.15, -0.1) is 0 Å². The lowest BCUT2D eigenvalue weighted by molar-refractivity contribution is -0.139. The highest BCUT2D eigenvalue weighted by molar-refractivity contribution is 6.35. The van der Waals surface area contributed by atoms with Crippen molar-refractivity contribution < 1.29 is 19.1 Å². The first-order valence-corrected chi connectivity index (χ1v) is 6.65. The average Bonchev–Trinajstić information content (AvgIpc) is 2.67. The molecule has 6 nitrogen and oxygen atoms in total. The minimum Gasteiger partial charge on any atom is -0.466 e. The molecule has 20 heavy (non-hydrogen) atoms. The second kappa shape index (κ2) is 7.09. The van der Waals surface area contributed by atoms with Crippen LogP contribution in [0.15, 0.2) is 10.5 Å². The van der Waals surface area contributed by atoms with Crippen molar-refractivity contribution in [2.75, 3.05) is 6.54 Å². The predicted molar refractivity (Wildman–Crippen MR) is 74.0 cm³/mol. The summed E-state index contributed by atoms with van der Waals surface area (Å²) in [6.45, 7) is 7.36. The molecule has 0 fully saturated rings. The van der Waals surface area contributed by atoms with Crippen LogP contribution < -0.4 is 10.6 Å². The summed E-state index contributed by atoms with van der Waals surface area (Å²) in [5.74, 6) is 0.0478. The van der Waals surface area contributed by atoms with E-state index in [1.54, 1.807) is 33.8 Å². The van der Waals surface area contributed by atoms with Crippen LogP contribution in [0.5, 0.6) is 0 Å². The van der Waals surface area contributed by atoms with Gasteiger partial charge < -0.3 is 20.2 Å². The molecule has 1 heterocycles. The Kier molecular flexibility index (Phi) is 5.76. The number of carbonyl (C=O) groups excluding carboxylic acids is 2. The number of nitrogens with one attached hydrogen (secondary N) is 2. The number of aliphatic hydroxyl groups excluding tert-OH is 1. The molecule has 0 aliphatic heterocycles. The van der Waals surface area contributed by atoms with Gasteiger partial charge in [0.2, 0.25) is 0 Å². The van der Waals surface area contributed by atoms with E-state index in [1.807, 2.05) is 0 Å². The normalized spacial score (nSPS) is 12.3. The maximum Gasteiger partial charge on any atom is 0.309 e. The van der Waals surface area contributed by atoms with Gasteiger partial charge in [-0.1, -0.05) is 0 Å². The number of rotatable bonds is 5. The Morgan fingerprint density at radius 1 is 1.30 bits per heavy atom. The molecule has 0 aromatic carbocycles. The lowest BCUT2D eigenvalue weighted by Crippen LogP contribution is -2.43. The third-order valence-electron chi connectivity index (χ3n) is 2.77. The Balaban J connectivity index is 2.39. The Morgan fingerprint density at radius 3 is 2.45 bits per heavy atom. The zero-order valence-corrected chi connectivity index (χ0v) is 12.3. The van der Waals surface area contributed by atoms with E-state index in [1.165, 1.54) is 0 Å². The highest BCUT2D eigenvalue weighted by Gasteiger charge is 2.17. The third kappa shape index (κ3) is 4.70. The summed E-state index contributed by atoms with van der Waals surface area (Å²) in [5.41, 5.74) is 0.711. The van der Waals surface area contributed by atoms with E-state index < -0.39 is 17.9 Å². The van der Waals surface area contributed by atoms with E-state index in [-0.39, 0.29) is 12.6 Å². The van der Waals surface area contributed by atoms with E-state index in [4.69, 9.17) is 4.42 Å². The maximum absolute atomic E-state index is 11.4. The molecule has 0 saturated heterocycles. The van der Waals surface area contributed by atoms with Crippen molar-refractivity contribution in [2.45, 2.75) is 46.3 Å². The Bertz CT molecular complexity index is 480. The lowest BCUT2D eigenvalue weighted by atomic mass is 10.1. The number of aryl methyl sites for hydroxylation is 2. The van der Waals surface area contributed by atoms with Gasteiger partial charge in [-0.05, 0) is 40.2 Å². The molecule has 0 saturated carbocycles. The van der Waals surface area contributed by atoms with Crippen LogP contribution in [0, 0.1) is 13.8 Å². The Hall–Kier alpha value is -1.82. The minimum absolute atomic E-state index is 0.0876. The number of aliphatic hydroxyl groups is 1. The van der Waals surface area contributed by atoms with Crippen molar-refractivity contribution in [3.05, 3.63) is 23.2 Å². The van der Waals surface area contributed by atoms with Crippen molar-refractivity contribution in [3.63, 3.8) is 0 Å². The second-order valence-electron chi connectivity index (χ2n) is 5.06. The molecule has 1 aromatic heterocycles. The van der Waals surface area contributed by atoms with Crippen LogP contribution in [0.25, 0.3) is 0 Å². The fraction of sp³-hybridized carbons (Fsp3) is 0.571. The van der Waals surface area contributed by atoms with Crippen LogP contribution in [-0.2, 0) is 9.59 Å². The van der Waals surface area contributed by atoms with Crippen molar-refractivity contribution in [3.8, 4) is 0 Å². The standard InChI is InChI=1S/C14H22N2O4/c1-8(2)16-14(19)13(18)15-6-5-12(17)11-7-9(3)20-10(11)4/h7-8,12,17H,5-6H2,1-4H3,(H,15,18)(H,16,19). The van der Waals surface area contributed by atoms with Gasteiger partial charge in [0.1, 0.15) is 11.5 Å².